The van der Waals surface area contributed by atoms with E-state index in [1.807, 2.05) is 37.3 Å². The number of halogens is 1. The maximum Gasteiger partial charge on any atom is 0.135 e. The topological polar surface area (TPSA) is 67.0 Å². The Bertz CT molecular complexity index is 994. The van der Waals surface area contributed by atoms with Crippen molar-refractivity contribution in [2.45, 2.75) is 19.4 Å². The molecule has 1 atom stereocenters. The molecule has 6 heteroatoms. The SMILES string of the molecule is COc1ccc2oc(C)c(C3=NNC(c4ccc(Br)cc4O)C3)c2c1. The molecule has 4 rings (SSSR count). The number of hydrogen-bond acceptors (Lipinski definition) is 5. The molecule has 25 heavy (non-hydrogen) atoms. The summed E-state index contributed by atoms with van der Waals surface area (Å²) in [7, 11) is 1.65. The van der Waals surface area contributed by atoms with Crippen LogP contribution in [0.25, 0.3) is 11.0 Å². The Morgan fingerprint density at radius 1 is 1.28 bits per heavy atom. The number of aromatic hydroxyl groups is 1. The van der Waals surface area contributed by atoms with Crippen LogP contribution in [0.1, 0.15) is 29.3 Å². The van der Waals surface area contributed by atoms with E-state index >= 15 is 0 Å². The van der Waals surface area contributed by atoms with Crippen LogP contribution in [0.2, 0.25) is 0 Å². The molecule has 1 aliphatic rings. The summed E-state index contributed by atoms with van der Waals surface area (Å²) in [5, 5.41) is 15.7. The average Bonchev–Trinajstić information content (AvgIpc) is 3.17. The second-order valence-electron chi connectivity index (χ2n) is 6.04. The number of nitrogens with one attached hydrogen (secondary N) is 1. The third-order valence-corrected chi connectivity index (χ3v) is 4.97. The third-order valence-electron chi connectivity index (χ3n) is 4.48. The zero-order chi connectivity index (χ0) is 17.6. The number of fused-ring (bicyclic) bond motifs is 1. The summed E-state index contributed by atoms with van der Waals surface area (Å²) < 4.78 is 12.0. The van der Waals surface area contributed by atoms with Gasteiger partial charge in [-0.25, -0.2) is 0 Å². The summed E-state index contributed by atoms with van der Waals surface area (Å²) in [6.45, 7) is 1.94. The van der Waals surface area contributed by atoms with E-state index in [4.69, 9.17) is 9.15 Å². The van der Waals surface area contributed by atoms with E-state index < -0.39 is 0 Å². The Morgan fingerprint density at radius 3 is 2.88 bits per heavy atom. The lowest BCUT2D eigenvalue weighted by Crippen LogP contribution is -2.10. The van der Waals surface area contributed by atoms with Gasteiger partial charge in [-0.15, -0.1) is 0 Å². The van der Waals surface area contributed by atoms with Crippen molar-refractivity contribution in [3.05, 3.63) is 57.8 Å². The molecule has 2 heterocycles. The van der Waals surface area contributed by atoms with Gasteiger partial charge in [0, 0.05) is 27.4 Å². The van der Waals surface area contributed by atoms with Gasteiger partial charge >= 0.3 is 0 Å². The lowest BCUT2D eigenvalue weighted by molar-refractivity contribution is 0.415. The molecule has 5 nitrogen and oxygen atoms in total. The fourth-order valence-electron chi connectivity index (χ4n) is 3.27. The molecule has 0 aliphatic carbocycles. The summed E-state index contributed by atoms with van der Waals surface area (Å²) in [5.41, 5.74) is 6.67. The first-order chi connectivity index (χ1) is 12.1. The van der Waals surface area contributed by atoms with Crippen molar-refractivity contribution in [2.75, 3.05) is 7.11 Å². The first-order valence-electron chi connectivity index (χ1n) is 7.95. The standard InChI is InChI=1S/C19H17BrN2O3/c1-10-19(14-8-12(24-2)4-6-18(14)25-10)16-9-15(21-22-16)13-5-3-11(20)7-17(13)23/h3-8,15,21,23H,9H2,1-2H3. The Labute approximate surface area is 153 Å². The molecular weight excluding hydrogens is 384 g/mol. The summed E-state index contributed by atoms with van der Waals surface area (Å²) in [4.78, 5) is 0. The Morgan fingerprint density at radius 2 is 2.12 bits per heavy atom. The van der Waals surface area contributed by atoms with Gasteiger partial charge in [-0.2, -0.15) is 5.10 Å². The molecule has 2 N–H and O–H groups in total. The molecule has 3 aromatic rings. The number of aryl methyl sites for hydroxylation is 1. The summed E-state index contributed by atoms with van der Waals surface area (Å²) in [6.07, 6.45) is 0.669. The van der Waals surface area contributed by atoms with Crippen LogP contribution < -0.4 is 10.2 Å². The van der Waals surface area contributed by atoms with Gasteiger partial charge < -0.3 is 19.7 Å². The molecular formula is C19H17BrN2O3. The highest BCUT2D eigenvalue weighted by Crippen LogP contribution is 2.36. The second-order valence-corrected chi connectivity index (χ2v) is 6.96. The number of rotatable bonds is 3. The molecule has 0 amide bonds. The molecule has 1 unspecified atom stereocenters. The number of methoxy groups -OCH3 is 1. The molecule has 0 saturated heterocycles. The van der Waals surface area contributed by atoms with Gasteiger partial charge in [0.05, 0.1) is 18.9 Å². The lowest BCUT2D eigenvalue weighted by Gasteiger charge is -2.12. The van der Waals surface area contributed by atoms with Gasteiger partial charge in [0.1, 0.15) is 22.8 Å². The molecule has 128 valence electrons. The van der Waals surface area contributed by atoms with Crippen molar-refractivity contribution in [3.63, 3.8) is 0 Å². The first kappa shape index (κ1) is 16.0. The number of phenolic OH excluding ortho intramolecular Hbond substituents is 1. The maximum absolute atomic E-state index is 10.2. The highest BCUT2D eigenvalue weighted by Gasteiger charge is 2.27. The number of furan rings is 1. The molecule has 0 fully saturated rings. The normalized spacial score (nSPS) is 16.8. The number of hydrazone groups is 1. The zero-order valence-electron chi connectivity index (χ0n) is 13.8. The third kappa shape index (κ3) is 2.76. The summed E-state index contributed by atoms with van der Waals surface area (Å²) in [5.74, 6) is 1.85. The van der Waals surface area contributed by atoms with E-state index in [1.165, 1.54) is 0 Å². The first-order valence-corrected chi connectivity index (χ1v) is 8.74. The van der Waals surface area contributed by atoms with Crippen LogP contribution in [0.15, 0.2) is 50.4 Å². The number of ether oxygens (including phenoxy) is 1. The molecule has 1 aromatic heterocycles. The van der Waals surface area contributed by atoms with Crippen LogP contribution in [-0.2, 0) is 0 Å². The largest absolute Gasteiger partial charge is 0.508 e. The van der Waals surface area contributed by atoms with Crippen molar-refractivity contribution < 1.29 is 14.3 Å². The predicted octanol–water partition coefficient (Wildman–Crippen LogP) is 4.66. The highest BCUT2D eigenvalue weighted by atomic mass is 79.9. The van der Waals surface area contributed by atoms with Crippen LogP contribution in [0.5, 0.6) is 11.5 Å². The van der Waals surface area contributed by atoms with Crippen molar-refractivity contribution in [1.82, 2.24) is 5.43 Å². The minimum atomic E-state index is -0.0712. The fourth-order valence-corrected chi connectivity index (χ4v) is 3.62. The van der Waals surface area contributed by atoms with Crippen LogP contribution in [0.3, 0.4) is 0 Å². The number of hydrogen-bond donors (Lipinski definition) is 2. The van der Waals surface area contributed by atoms with Crippen molar-refractivity contribution in [2.24, 2.45) is 5.10 Å². The number of phenols is 1. The van der Waals surface area contributed by atoms with Crippen LogP contribution in [0, 0.1) is 6.92 Å². The molecule has 0 radical (unpaired) electrons. The fraction of sp³-hybridized carbons (Fsp3) is 0.211. The van der Waals surface area contributed by atoms with Crippen LogP contribution in [-0.4, -0.2) is 17.9 Å². The van der Waals surface area contributed by atoms with E-state index in [2.05, 4.69) is 26.5 Å². The zero-order valence-corrected chi connectivity index (χ0v) is 15.4. The van der Waals surface area contributed by atoms with E-state index in [0.29, 0.717) is 6.42 Å². The molecule has 0 saturated carbocycles. The summed E-state index contributed by atoms with van der Waals surface area (Å²) in [6, 6.07) is 11.2. The van der Waals surface area contributed by atoms with E-state index in [9.17, 15) is 5.11 Å². The molecule has 1 aliphatic heterocycles. The highest BCUT2D eigenvalue weighted by molar-refractivity contribution is 9.10. The monoisotopic (exact) mass is 400 g/mol. The van der Waals surface area contributed by atoms with Gasteiger partial charge in [-0.05, 0) is 37.3 Å². The van der Waals surface area contributed by atoms with Crippen LogP contribution in [0.4, 0.5) is 0 Å². The van der Waals surface area contributed by atoms with Crippen molar-refractivity contribution in [1.29, 1.82) is 0 Å². The average molecular weight is 401 g/mol. The van der Waals surface area contributed by atoms with Gasteiger partial charge in [0.15, 0.2) is 0 Å². The van der Waals surface area contributed by atoms with Crippen molar-refractivity contribution >= 4 is 32.6 Å². The van der Waals surface area contributed by atoms with E-state index in [0.717, 1.165) is 43.8 Å². The molecule has 0 spiro atoms. The molecule has 0 bridgehead atoms. The Hall–Kier alpha value is -2.47. The van der Waals surface area contributed by atoms with Crippen LogP contribution >= 0.6 is 15.9 Å². The van der Waals surface area contributed by atoms with Crippen molar-refractivity contribution in [3.8, 4) is 11.5 Å². The molecule has 2 aromatic carbocycles. The lowest BCUT2D eigenvalue weighted by atomic mass is 9.97. The predicted molar refractivity (Wildman–Crippen MR) is 100 cm³/mol. The minimum Gasteiger partial charge on any atom is -0.508 e. The number of benzene rings is 2. The van der Waals surface area contributed by atoms with Gasteiger partial charge in [-0.3, -0.25) is 0 Å². The smallest absolute Gasteiger partial charge is 0.135 e. The number of nitrogens with zero attached hydrogens (tertiary/aromatic N) is 1. The van der Waals surface area contributed by atoms with Gasteiger partial charge in [0.2, 0.25) is 0 Å². The maximum atomic E-state index is 10.2. The quantitative estimate of drug-likeness (QED) is 0.670. The van der Waals surface area contributed by atoms with E-state index in [1.54, 1.807) is 13.2 Å². The van der Waals surface area contributed by atoms with Gasteiger partial charge in [0.25, 0.3) is 0 Å². The van der Waals surface area contributed by atoms with E-state index in [-0.39, 0.29) is 11.8 Å². The Balaban J connectivity index is 1.70. The second kappa shape index (κ2) is 6.11. The minimum absolute atomic E-state index is 0.0712. The Kier molecular flexibility index (Phi) is 3.92. The summed E-state index contributed by atoms with van der Waals surface area (Å²) >= 11 is 3.37. The van der Waals surface area contributed by atoms with Gasteiger partial charge in [-0.1, -0.05) is 22.0 Å².